The Bertz CT molecular complexity index is 778. The fourth-order valence-corrected chi connectivity index (χ4v) is 3.62. The summed E-state index contributed by atoms with van der Waals surface area (Å²) in [4.78, 5) is 15.9. The van der Waals surface area contributed by atoms with Crippen LogP contribution in [0.3, 0.4) is 0 Å². The van der Waals surface area contributed by atoms with E-state index < -0.39 is 0 Å². The number of nitrogens with one attached hydrogen (secondary N) is 1. The second kappa shape index (κ2) is 12.1. The van der Waals surface area contributed by atoms with Crippen LogP contribution in [-0.4, -0.2) is 42.5 Å². The average molecular weight is 460 g/mol. The lowest BCUT2D eigenvalue weighted by atomic mass is 9.90. The maximum atomic E-state index is 13.1. The highest BCUT2D eigenvalue weighted by atomic mass is 35.5. The lowest BCUT2D eigenvalue weighted by molar-refractivity contribution is -0.119. The molecule has 0 unspecified atom stereocenters. The van der Waals surface area contributed by atoms with E-state index in [-0.39, 0.29) is 47.6 Å². The van der Waals surface area contributed by atoms with Gasteiger partial charge in [0.15, 0.2) is 0 Å². The van der Waals surface area contributed by atoms with Crippen LogP contribution in [0.25, 0.3) is 0 Å². The van der Waals surface area contributed by atoms with Gasteiger partial charge in [-0.15, -0.1) is 24.8 Å². The third-order valence-electron chi connectivity index (χ3n) is 5.46. The standard InChI is InChI=1S/C22H28FN3O.2ClH.H2O/c1-17(27)24-16-18-4-6-19(7-5-18)22(2,3)26-14-12-25(13-15-26)21-10-8-20(23)9-11-21;;;/h4-11H,12-16H2,1-3H3,(H,24,27);2*1H;1H2. The molecule has 2 aromatic rings. The number of hydrogen-bond donors (Lipinski definition) is 1. The molecular weight excluding hydrogens is 428 g/mol. The number of carbonyl (C=O) groups is 1. The number of anilines is 1. The summed E-state index contributed by atoms with van der Waals surface area (Å²) in [7, 11) is 0. The molecule has 3 N–H and O–H groups in total. The number of hydrogen-bond acceptors (Lipinski definition) is 3. The number of amides is 1. The van der Waals surface area contributed by atoms with E-state index in [9.17, 15) is 9.18 Å². The van der Waals surface area contributed by atoms with Gasteiger partial charge < -0.3 is 15.7 Å². The van der Waals surface area contributed by atoms with Crippen molar-refractivity contribution in [2.75, 3.05) is 31.1 Å². The summed E-state index contributed by atoms with van der Waals surface area (Å²) in [6, 6.07) is 15.2. The van der Waals surface area contributed by atoms with Crippen LogP contribution in [0.5, 0.6) is 0 Å². The van der Waals surface area contributed by atoms with Crippen LogP contribution in [0.2, 0.25) is 0 Å². The molecule has 0 radical (unpaired) electrons. The van der Waals surface area contributed by atoms with Crippen molar-refractivity contribution in [3.63, 3.8) is 0 Å². The van der Waals surface area contributed by atoms with Crippen LogP contribution in [0.15, 0.2) is 48.5 Å². The molecule has 0 aliphatic carbocycles. The maximum Gasteiger partial charge on any atom is 0.217 e. The Morgan fingerprint density at radius 2 is 1.50 bits per heavy atom. The summed E-state index contributed by atoms with van der Waals surface area (Å²) in [6.07, 6.45) is 0. The number of rotatable bonds is 5. The van der Waals surface area contributed by atoms with Crippen LogP contribution >= 0.6 is 24.8 Å². The van der Waals surface area contributed by atoms with E-state index in [0.29, 0.717) is 6.54 Å². The molecule has 0 saturated carbocycles. The highest BCUT2D eigenvalue weighted by Gasteiger charge is 2.31. The van der Waals surface area contributed by atoms with Crippen molar-refractivity contribution in [1.82, 2.24) is 10.2 Å². The molecule has 3 rings (SSSR count). The van der Waals surface area contributed by atoms with Crippen molar-refractivity contribution in [3.05, 3.63) is 65.5 Å². The van der Waals surface area contributed by atoms with Gasteiger partial charge in [-0.2, -0.15) is 0 Å². The van der Waals surface area contributed by atoms with E-state index in [1.165, 1.54) is 24.6 Å². The van der Waals surface area contributed by atoms with Gasteiger partial charge in [0, 0.05) is 50.9 Å². The van der Waals surface area contributed by atoms with E-state index in [2.05, 4.69) is 53.2 Å². The predicted molar refractivity (Wildman–Crippen MR) is 125 cm³/mol. The third kappa shape index (κ3) is 6.84. The lowest BCUT2D eigenvalue weighted by Crippen LogP contribution is -2.53. The van der Waals surface area contributed by atoms with Gasteiger partial charge in [-0.05, 0) is 49.2 Å². The normalized spacial score (nSPS) is 14.1. The topological polar surface area (TPSA) is 67.1 Å². The van der Waals surface area contributed by atoms with Gasteiger partial charge in [0.25, 0.3) is 0 Å². The summed E-state index contributed by atoms with van der Waals surface area (Å²) < 4.78 is 13.1. The summed E-state index contributed by atoms with van der Waals surface area (Å²) in [5, 5.41) is 2.83. The van der Waals surface area contributed by atoms with E-state index in [1.807, 2.05) is 12.1 Å². The summed E-state index contributed by atoms with van der Waals surface area (Å²) in [5.41, 5.74) is 3.38. The minimum absolute atomic E-state index is 0. The molecule has 0 aromatic heterocycles. The fraction of sp³-hybridized carbons (Fsp3) is 0.409. The van der Waals surface area contributed by atoms with E-state index in [4.69, 9.17) is 0 Å². The quantitative estimate of drug-likeness (QED) is 0.743. The Labute approximate surface area is 190 Å². The molecule has 5 nitrogen and oxygen atoms in total. The SMILES string of the molecule is CC(=O)NCc1ccc(C(C)(C)N2CCN(c3ccc(F)cc3)CC2)cc1.Cl.Cl.O. The molecule has 1 heterocycles. The van der Waals surface area contributed by atoms with Crippen LogP contribution in [0.4, 0.5) is 10.1 Å². The van der Waals surface area contributed by atoms with Crippen LogP contribution in [-0.2, 0) is 16.9 Å². The summed E-state index contributed by atoms with van der Waals surface area (Å²) in [6.45, 7) is 10.4. The molecule has 0 spiro atoms. The molecular formula is C22H32Cl2FN3O2. The Balaban J connectivity index is 0.00000280. The first kappa shape index (κ1) is 28.1. The molecule has 1 aliphatic rings. The second-order valence-corrected chi connectivity index (χ2v) is 7.62. The highest BCUT2D eigenvalue weighted by molar-refractivity contribution is 5.85. The first-order valence-electron chi connectivity index (χ1n) is 9.46. The first-order valence-corrected chi connectivity index (χ1v) is 9.46. The predicted octanol–water partition coefficient (Wildman–Crippen LogP) is 3.54. The third-order valence-corrected chi connectivity index (χ3v) is 5.46. The summed E-state index contributed by atoms with van der Waals surface area (Å²) >= 11 is 0. The molecule has 168 valence electrons. The van der Waals surface area contributed by atoms with Gasteiger partial charge in [-0.1, -0.05) is 24.3 Å². The zero-order valence-corrected chi connectivity index (χ0v) is 19.3. The largest absolute Gasteiger partial charge is 0.412 e. The average Bonchev–Trinajstić information content (AvgIpc) is 2.67. The molecule has 1 saturated heterocycles. The number of nitrogens with zero attached hydrogens (tertiary/aromatic N) is 2. The van der Waals surface area contributed by atoms with E-state index in [1.54, 1.807) is 0 Å². The van der Waals surface area contributed by atoms with Gasteiger partial charge in [0.2, 0.25) is 5.91 Å². The van der Waals surface area contributed by atoms with Crippen molar-refractivity contribution >= 4 is 36.4 Å². The lowest BCUT2D eigenvalue weighted by Gasteiger charge is -2.45. The smallest absolute Gasteiger partial charge is 0.217 e. The Kier molecular flexibility index (Phi) is 11.4. The second-order valence-electron chi connectivity index (χ2n) is 7.62. The van der Waals surface area contributed by atoms with Gasteiger partial charge in [-0.3, -0.25) is 9.69 Å². The van der Waals surface area contributed by atoms with Gasteiger partial charge in [0.1, 0.15) is 5.82 Å². The molecule has 2 aromatic carbocycles. The molecule has 1 amide bonds. The molecule has 0 atom stereocenters. The van der Waals surface area contributed by atoms with Crippen molar-refractivity contribution in [2.24, 2.45) is 0 Å². The Morgan fingerprint density at radius 3 is 2.00 bits per heavy atom. The van der Waals surface area contributed by atoms with Crippen molar-refractivity contribution in [1.29, 1.82) is 0 Å². The molecule has 8 heteroatoms. The van der Waals surface area contributed by atoms with Gasteiger partial charge in [0.05, 0.1) is 0 Å². The monoisotopic (exact) mass is 459 g/mol. The van der Waals surface area contributed by atoms with Gasteiger partial charge >= 0.3 is 0 Å². The first-order chi connectivity index (χ1) is 12.9. The zero-order chi connectivity index (χ0) is 19.4. The highest BCUT2D eigenvalue weighted by Crippen LogP contribution is 2.30. The van der Waals surface area contributed by atoms with Crippen LogP contribution in [0.1, 0.15) is 31.9 Å². The fourth-order valence-electron chi connectivity index (χ4n) is 3.62. The van der Waals surface area contributed by atoms with Crippen molar-refractivity contribution < 1.29 is 14.7 Å². The number of halogens is 3. The van der Waals surface area contributed by atoms with Gasteiger partial charge in [-0.25, -0.2) is 4.39 Å². The maximum absolute atomic E-state index is 13.1. The Morgan fingerprint density at radius 1 is 0.967 bits per heavy atom. The molecule has 0 bridgehead atoms. The van der Waals surface area contributed by atoms with Crippen LogP contribution in [0, 0.1) is 5.82 Å². The zero-order valence-electron chi connectivity index (χ0n) is 17.7. The van der Waals surface area contributed by atoms with Crippen LogP contribution < -0.4 is 10.2 Å². The minimum Gasteiger partial charge on any atom is -0.412 e. The van der Waals surface area contributed by atoms with E-state index in [0.717, 1.165) is 37.4 Å². The molecule has 1 aliphatic heterocycles. The number of carbonyl (C=O) groups excluding carboxylic acids is 1. The summed E-state index contributed by atoms with van der Waals surface area (Å²) in [5.74, 6) is -0.209. The number of benzene rings is 2. The molecule has 1 fully saturated rings. The number of piperazine rings is 1. The minimum atomic E-state index is -0.194. The van der Waals surface area contributed by atoms with E-state index >= 15 is 0 Å². The van der Waals surface area contributed by atoms with Crippen molar-refractivity contribution in [3.8, 4) is 0 Å². The van der Waals surface area contributed by atoms with Crippen molar-refractivity contribution in [2.45, 2.75) is 32.9 Å². The molecule has 30 heavy (non-hydrogen) atoms. The Hall–Kier alpha value is -1.86.